The Hall–Kier alpha value is -2.90. The highest BCUT2D eigenvalue weighted by atomic mass is 35.5. The van der Waals surface area contributed by atoms with E-state index in [4.69, 9.17) is 21.1 Å². The van der Waals surface area contributed by atoms with E-state index in [2.05, 4.69) is 35.8 Å². The van der Waals surface area contributed by atoms with Gasteiger partial charge in [-0.2, -0.15) is 4.98 Å². The molecule has 0 spiro atoms. The number of amidine groups is 1. The minimum atomic E-state index is -3.92. The summed E-state index contributed by atoms with van der Waals surface area (Å²) in [6, 6.07) is 0. The maximum absolute atomic E-state index is 13.6. The number of aliphatic imine (C=N–C) groups is 1. The number of rotatable bonds is 9. The van der Waals surface area contributed by atoms with Crippen molar-refractivity contribution in [3.8, 4) is 5.88 Å². The molecule has 6 saturated carbocycles. The predicted octanol–water partition coefficient (Wildman–Crippen LogP) is 1.45. The second-order valence-electron chi connectivity index (χ2n) is 11.2. The normalized spacial score (nSPS) is 35.6. The van der Waals surface area contributed by atoms with Crippen molar-refractivity contribution in [2.75, 3.05) is 20.0 Å². The van der Waals surface area contributed by atoms with Gasteiger partial charge in [0.1, 0.15) is 29.7 Å². The fourth-order valence-corrected chi connectivity index (χ4v) is 10.1. The number of hydrogen-bond acceptors (Lipinski definition) is 10. The first-order valence-corrected chi connectivity index (χ1v) is 15.0. The van der Waals surface area contributed by atoms with E-state index >= 15 is 0 Å². The summed E-state index contributed by atoms with van der Waals surface area (Å²) in [5.41, 5.74) is 6.13. The summed E-state index contributed by atoms with van der Waals surface area (Å²) in [6.07, 6.45) is 3.15. The van der Waals surface area contributed by atoms with Crippen LogP contribution in [0.1, 0.15) is 24.5 Å². The zero-order valence-electron chi connectivity index (χ0n) is 21.7. The van der Waals surface area contributed by atoms with Crippen LogP contribution in [0, 0.1) is 53.8 Å². The third-order valence-electron chi connectivity index (χ3n) is 10.1. The number of carbonyl (C=O) groups excluding carboxylic acids is 1. The van der Waals surface area contributed by atoms with E-state index in [9.17, 15) is 13.2 Å². The van der Waals surface area contributed by atoms with Crippen molar-refractivity contribution >= 4 is 38.9 Å². The number of nitrogens with one attached hydrogen (secondary N) is 2. The number of halogens is 1. The Morgan fingerprint density at radius 3 is 2.31 bits per heavy atom. The molecule has 6 aliphatic rings. The molecule has 0 bridgehead atoms. The maximum atomic E-state index is 13.6. The predicted molar refractivity (Wildman–Crippen MR) is 139 cm³/mol. The molecule has 2 N–H and O–H groups in total. The number of amides is 1. The molecule has 0 aromatic carbocycles. The Bertz CT molecular complexity index is 1470. The number of aromatic nitrogens is 4. The number of carbonyl (C=O) groups is 1. The molecule has 2 atom stereocenters. The van der Waals surface area contributed by atoms with Gasteiger partial charge in [-0.1, -0.05) is 11.6 Å². The van der Waals surface area contributed by atoms with Crippen LogP contribution in [0.5, 0.6) is 5.88 Å². The molecule has 39 heavy (non-hydrogen) atoms. The van der Waals surface area contributed by atoms with E-state index in [1.165, 1.54) is 39.9 Å². The first-order valence-electron chi connectivity index (χ1n) is 12.9. The molecule has 8 rings (SSSR count). The molecular formula is C25H28ClN7O5S. The molecule has 2 aromatic heterocycles. The summed E-state index contributed by atoms with van der Waals surface area (Å²) in [7, 11) is -1.09. The average Bonchev–Trinajstić information content (AvgIpc) is 2.93. The molecule has 6 fully saturated rings. The number of hydrogen-bond donors (Lipinski definition) is 2. The fraction of sp³-hybridized carbons (Fsp3) is 0.600. The SMILES string of the molecule is COc1ncnc(C)c1N=C(CS(=O)(=O)[C@@H](C)[C@H](OC)c1ncc(Cl)cn1)NNC(=O)C12C3C4C5C3C1C5C42. The molecule has 0 saturated heterocycles. The quantitative estimate of drug-likeness (QED) is 0.255. The molecule has 0 unspecified atom stereocenters. The van der Waals surface area contributed by atoms with Crippen LogP contribution in [-0.4, -0.2) is 65.3 Å². The van der Waals surface area contributed by atoms with E-state index in [1.807, 2.05) is 0 Å². The standard InChI is InChI=1S/C25H28ClN7O5S/c1-9-20(23(38-4)30-8-29-9)31-12(7-39(35,36)10(2)21(37-3)22-27-5-11(26)6-28-22)32-33-24(34)25-17-14-13-15(17)19(25)16(13)18(14)25/h5-6,8,10,13-19,21H,7H2,1-4H3,(H,31,32)(H,33,34)/t10-,13?,14?,15?,16?,17?,18?,19?,21-,25?/m0/s1. The number of sulfone groups is 1. The Balaban J connectivity index is 1.14. The van der Waals surface area contributed by atoms with Gasteiger partial charge in [-0.05, 0) is 55.3 Å². The summed E-state index contributed by atoms with van der Waals surface area (Å²) >= 11 is 5.89. The van der Waals surface area contributed by atoms with Crippen LogP contribution in [-0.2, 0) is 19.4 Å². The number of nitrogens with zero attached hydrogens (tertiary/aromatic N) is 5. The van der Waals surface area contributed by atoms with Crippen molar-refractivity contribution in [3.63, 3.8) is 0 Å². The van der Waals surface area contributed by atoms with Gasteiger partial charge in [-0.15, -0.1) is 0 Å². The molecule has 2 heterocycles. The van der Waals surface area contributed by atoms with Crippen LogP contribution in [0.2, 0.25) is 5.02 Å². The van der Waals surface area contributed by atoms with Gasteiger partial charge in [0, 0.05) is 19.5 Å². The third-order valence-corrected chi connectivity index (χ3v) is 12.3. The summed E-state index contributed by atoms with van der Waals surface area (Å²) < 4.78 is 38.1. The van der Waals surface area contributed by atoms with Gasteiger partial charge in [-0.25, -0.2) is 28.4 Å². The van der Waals surface area contributed by atoms with Crippen LogP contribution >= 0.6 is 11.6 Å². The Kier molecular flexibility index (Phi) is 5.34. The molecule has 0 aliphatic heterocycles. The van der Waals surface area contributed by atoms with Crippen molar-refractivity contribution in [1.29, 1.82) is 0 Å². The van der Waals surface area contributed by atoms with E-state index in [0.29, 0.717) is 28.5 Å². The van der Waals surface area contributed by atoms with Crippen molar-refractivity contribution < 1.29 is 22.7 Å². The average molecular weight is 574 g/mol. The third kappa shape index (κ3) is 3.01. The first kappa shape index (κ1) is 25.1. The van der Waals surface area contributed by atoms with Gasteiger partial charge in [-0.3, -0.25) is 15.6 Å². The second-order valence-corrected chi connectivity index (χ2v) is 14.0. The molecule has 14 heteroatoms. The van der Waals surface area contributed by atoms with Crippen molar-refractivity contribution in [2.24, 2.45) is 51.8 Å². The second kappa shape index (κ2) is 8.31. The minimum Gasteiger partial charge on any atom is -0.479 e. The van der Waals surface area contributed by atoms with Crippen LogP contribution in [0.3, 0.4) is 0 Å². The highest BCUT2D eigenvalue weighted by Crippen LogP contribution is 3.05. The van der Waals surface area contributed by atoms with Gasteiger partial charge in [0.15, 0.2) is 15.7 Å². The molecular weight excluding hydrogens is 546 g/mol. The lowest BCUT2D eigenvalue weighted by Gasteiger charge is -3.06. The van der Waals surface area contributed by atoms with Gasteiger partial charge in [0.2, 0.25) is 11.8 Å². The molecule has 6 aliphatic carbocycles. The zero-order chi connectivity index (χ0) is 27.4. The number of hydrazine groups is 1. The molecule has 12 nitrogen and oxygen atoms in total. The van der Waals surface area contributed by atoms with Crippen LogP contribution in [0.25, 0.3) is 0 Å². The van der Waals surface area contributed by atoms with Gasteiger partial charge in [0.25, 0.3) is 0 Å². The Labute approximate surface area is 230 Å². The molecule has 0 radical (unpaired) electrons. The van der Waals surface area contributed by atoms with Gasteiger partial charge < -0.3 is 9.47 Å². The van der Waals surface area contributed by atoms with E-state index in [-0.39, 0.29) is 34.5 Å². The fourth-order valence-electron chi connectivity index (χ4n) is 8.56. The summed E-state index contributed by atoms with van der Waals surface area (Å²) in [5, 5.41) is -0.727. The highest BCUT2D eigenvalue weighted by molar-refractivity contribution is 7.92. The molecule has 2 aromatic rings. The summed E-state index contributed by atoms with van der Waals surface area (Å²) in [4.78, 5) is 34.4. The molecule has 1 amide bonds. The number of ether oxygens (including phenoxy) is 2. The number of methoxy groups -OCH3 is 2. The van der Waals surface area contributed by atoms with E-state index in [1.54, 1.807) is 6.92 Å². The Morgan fingerprint density at radius 2 is 1.72 bits per heavy atom. The lowest BCUT2D eigenvalue weighted by Crippen LogP contribution is -3.07. The summed E-state index contributed by atoms with van der Waals surface area (Å²) in [6.45, 7) is 3.23. The van der Waals surface area contributed by atoms with Gasteiger partial charge in [0.05, 0.1) is 28.5 Å². The van der Waals surface area contributed by atoms with Crippen LogP contribution < -0.4 is 15.6 Å². The van der Waals surface area contributed by atoms with Gasteiger partial charge >= 0.3 is 0 Å². The minimum absolute atomic E-state index is 0.00944. The highest BCUT2D eigenvalue weighted by Gasteiger charge is 3.06. The van der Waals surface area contributed by atoms with Crippen molar-refractivity contribution in [2.45, 2.75) is 25.2 Å². The van der Waals surface area contributed by atoms with E-state index < -0.39 is 26.9 Å². The maximum Gasteiger partial charge on any atom is 0.245 e. The Morgan fingerprint density at radius 1 is 1.08 bits per heavy atom. The molecule has 206 valence electrons. The first-order chi connectivity index (χ1) is 18.7. The zero-order valence-corrected chi connectivity index (χ0v) is 23.3. The van der Waals surface area contributed by atoms with Crippen LogP contribution in [0.15, 0.2) is 23.7 Å². The smallest absolute Gasteiger partial charge is 0.245 e. The number of aryl methyl sites for hydroxylation is 1. The lowest BCUT2D eigenvalue weighted by atomic mass is 8.96. The van der Waals surface area contributed by atoms with Crippen molar-refractivity contribution in [3.05, 3.63) is 35.3 Å². The van der Waals surface area contributed by atoms with E-state index in [0.717, 1.165) is 23.7 Å². The summed E-state index contributed by atoms with van der Waals surface area (Å²) in [5.74, 6) is 4.37. The monoisotopic (exact) mass is 573 g/mol. The largest absolute Gasteiger partial charge is 0.479 e. The topological polar surface area (TPSA) is 158 Å². The van der Waals surface area contributed by atoms with Crippen molar-refractivity contribution in [1.82, 2.24) is 30.8 Å². The van der Waals surface area contributed by atoms with Crippen LogP contribution in [0.4, 0.5) is 5.69 Å². The lowest BCUT2D eigenvalue weighted by molar-refractivity contribution is -0.596.